The first-order valence-electron chi connectivity index (χ1n) is 8.12. The summed E-state index contributed by atoms with van der Waals surface area (Å²) in [5, 5.41) is 0. The van der Waals surface area contributed by atoms with Crippen molar-refractivity contribution >= 4 is 11.8 Å². The topological polar surface area (TPSA) is 57.6 Å². The Labute approximate surface area is 142 Å². The molecule has 0 atom stereocenters. The van der Waals surface area contributed by atoms with Crippen LogP contribution in [0.15, 0.2) is 30.6 Å². The minimum Gasteiger partial charge on any atom is -0.481 e. The van der Waals surface area contributed by atoms with Crippen molar-refractivity contribution in [2.45, 2.75) is 6.54 Å². The van der Waals surface area contributed by atoms with Gasteiger partial charge in [-0.05, 0) is 17.7 Å². The summed E-state index contributed by atoms with van der Waals surface area (Å²) < 4.78 is 5.19. The lowest BCUT2D eigenvalue weighted by Crippen LogP contribution is -2.46. The minimum atomic E-state index is 0.670. The van der Waals surface area contributed by atoms with E-state index in [1.54, 1.807) is 13.3 Å². The number of anilines is 2. The predicted molar refractivity (Wildman–Crippen MR) is 94.6 cm³/mol. The van der Waals surface area contributed by atoms with Gasteiger partial charge in [0, 0.05) is 65.3 Å². The lowest BCUT2D eigenvalue weighted by atomic mass is 10.2. The molecule has 1 aliphatic rings. The molecule has 0 aromatic carbocycles. The van der Waals surface area contributed by atoms with Crippen LogP contribution in [-0.2, 0) is 6.54 Å². The number of hydrogen-bond donors (Lipinski definition) is 0. The molecule has 0 saturated carbocycles. The Kier molecular flexibility index (Phi) is 5.10. The van der Waals surface area contributed by atoms with Crippen LogP contribution in [0.3, 0.4) is 0 Å². The summed E-state index contributed by atoms with van der Waals surface area (Å²) in [5.41, 5.74) is 1.23. The van der Waals surface area contributed by atoms with Crippen molar-refractivity contribution in [2.24, 2.45) is 0 Å². The van der Waals surface area contributed by atoms with Crippen molar-refractivity contribution in [3.8, 4) is 5.88 Å². The third-order valence-electron chi connectivity index (χ3n) is 4.14. The first-order valence-corrected chi connectivity index (χ1v) is 8.12. The second-order valence-corrected chi connectivity index (χ2v) is 6.08. The lowest BCUT2D eigenvalue weighted by molar-refractivity contribution is 0.249. The molecule has 0 radical (unpaired) electrons. The molecule has 0 spiro atoms. The van der Waals surface area contributed by atoms with E-state index in [-0.39, 0.29) is 0 Å². The highest BCUT2D eigenvalue weighted by Crippen LogP contribution is 2.17. The van der Waals surface area contributed by atoms with Gasteiger partial charge in [-0.2, -0.15) is 4.98 Å². The van der Waals surface area contributed by atoms with Gasteiger partial charge in [0.05, 0.1) is 7.11 Å². The van der Waals surface area contributed by atoms with Crippen LogP contribution < -0.4 is 14.5 Å². The molecule has 0 N–H and O–H groups in total. The summed E-state index contributed by atoms with van der Waals surface area (Å²) in [7, 11) is 5.56. The largest absolute Gasteiger partial charge is 0.481 e. The van der Waals surface area contributed by atoms with E-state index in [2.05, 4.69) is 24.8 Å². The van der Waals surface area contributed by atoms with Crippen LogP contribution in [0.25, 0.3) is 0 Å². The monoisotopic (exact) mass is 328 g/mol. The Bertz CT molecular complexity index is 670. The molecule has 7 nitrogen and oxygen atoms in total. The fraction of sp³-hybridized carbons (Fsp3) is 0.471. The molecule has 3 heterocycles. The van der Waals surface area contributed by atoms with Crippen LogP contribution >= 0.6 is 0 Å². The second-order valence-electron chi connectivity index (χ2n) is 6.08. The number of hydrogen-bond acceptors (Lipinski definition) is 7. The summed E-state index contributed by atoms with van der Waals surface area (Å²) in [6.45, 7) is 4.86. The van der Waals surface area contributed by atoms with E-state index in [9.17, 15) is 0 Å². The van der Waals surface area contributed by atoms with E-state index in [0.717, 1.165) is 44.5 Å². The number of piperazine rings is 1. The molecule has 1 saturated heterocycles. The molecule has 2 aromatic heterocycles. The van der Waals surface area contributed by atoms with E-state index in [1.165, 1.54) is 5.56 Å². The Morgan fingerprint density at radius 3 is 2.54 bits per heavy atom. The van der Waals surface area contributed by atoms with Gasteiger partial charge >= 0.3 is 0 Å². The molecule has 128 valence electrons. The number of aromatic nitrogens is 3. The molecule has 2 aromatic rings. The van der Waals surface area contributed by atoms with Gasteiger partial charge in [0.1, 0.15) is 5.82 Å². The molecule has 1 fully saturated rings. The van der Waals surface area contributed by atoms with E-state index in [4.69, 9.17) is 4.74 Å². The number of pyridine rings is 1. The fourth-order valence-electron chi connectivity index (χ4n) is 2.78. The molecule has 0 bridgehead atoms. The van der Waals surface area contributed by atoms with Crippen molar-refractivity contribution in [3.63, 3.8) is 0 Å². The molecule has 0 amide bonds. The van der Waals surface area contributed by atoms with Gasteiger partial charge in [-0.15, -0.1) is 0 Å². The third-order valence-corrected chi connectivity index (χ3v) is 4.14. The summed E-state index contributed by atoms with van der Waals surface area (Å²) in [5.74, 6) is 2.42. The second kappa shape index (κ2) is 7.44. The van der Waals surface area contributed by atoms with Gasteiger partial charge in [0.15, 0.2) is 0 Å². The molecule has 24 heavy (non-hydrogen) atoms. The summed E-state index contributed by atoms with van der Waals surface area (Å²) in [6.07, 6.45) is 3.63. The lowest BCUT2D eigenvalue weighted by Gasteiger charge is -2.35. The quantitative estimate of drug-likeness (QED) is 0.819. The van der Waals surface area contributed by atoms with E-state index < -0.39 is 0 Å². The first kappa shape index (κ1) is 16.4. The average Bonchev–Trinajstić information content (AvgIpc) is 2.62. The third kappa shape index (κ3) is 3.91. The summed E-state index contributed by atoms with van der Waals surface area (Å²) in [6, 6.07) is 6.03. The van der Waals surface area contributed by atoms with Gasteiger partial charge < -0.3 is 14.5 Å². The standard InChI is InChI=1S/C17H24N6O/c1-21(2)17-19-7-5-15(20-17)23-10-8-22(9-11-23)13-14-4-6-18-16(12-14)24-3/h4-7,12H,8-11,13H2,1-3H3. The Morgan fingerprint density at radius 2 is 1.83 bits per heavy atom. The maximum Gasteiger partial charge on any atom is 0.226 e. The summed E-state index contributed by atoms with van der Waals surface area (Å²) >= 11 is 0. The van der Waals surface area contributed by atoms with E-state index in [0.29, 0.717) is 5.88 Å². The highest BCUT2D eigenvalue weighted by Gasteiger charge is 2.19. The molecule has 0 unspecified atom stereocenters. The first-order chi connectivity index (χ1) is 11.7. The van der Waals surface area contributed by atoms with Gasteiger partial charge in [-0.3, -0.25) is 4.90 Å². The smallest absolute Gasteiger partial charge is 0.226 e. The average molecular weight is 328 g/mol. The number of nitrogens with zero attached hydrogens (tertiary/aromatic N) is 6. The Balaban J connectivity index is 1.58. The molecule has 3 rings (SSSR count). The number of ether oxygens (including phenoxy) is 1. The van der Waals surface area contributed by atoms with Crippen molar-refractivity contribution in [1.29, 1.82) is 0 Å². The number of methoxy groups -OCH3 is 1. The molecule has 7 heteroatoms. The zero-order valence-electron chi connectivity index (χ0n) is 14.5. The van der Waals surface area contributed by atoms with Crippen LogP contribution in [0.1, 0.15) is 5.56 Å². The van der Waals surface area contributed by atoms with E-state index in [1.807, 2.05) is 43.4 Å². The van der Waals surface area contributed by atoms with Crippen LogP contribution in [0.4, 0.5) is 11.8 Å². The van der Waals surface area contributed by atoms with Crippen LogP contribution in [0.5, 0.6) is 5.88 Å². The molecule has 0 aliphatic carbocycles. The molecular weight excluding hydrogens is 304 g/mol. The van der Waals surface area contributed by atoms with Crippen LogP contribution in [0.2, 0.25) is 0 Å². The van der Waals surface area contributed by atoms with Crippen molar-refractivity contribution in [2.75, 3.05) is 57.2 Å². The predicted octanol–water partition coefficient (Wildman–Crippen LogP) is 1.27. The Hall–Kier alpha value is -2.41. The van der Waals surface area contributed by atoms with Gasteiger partial charge in [0.25, 0.3) is 0 Å². The molecule has 1 aliphatic heterocycles. The maximum absolute atomic E-state index is 5.19. The maximum atomic E-state index is 5.19. The number of rotatable bonds is 5. The van der Waals surface area contributed by atoms with Crippen molar-refractivity contribution in [3.05, 3.63) is 36.2 Å². The SMILES string of the molecule is COc1cc(CN2CCN(c3ccnc(N(C)C)n3)CC2)ccn1. The minimum absolute atomic E-state index is 0.670. The zero-order valence-corrected chi connectivity index (χ0v) is 14.5. The van der Waals surface area contributed by atoms with E-state index >= 15 is 0 Å². The fourth-order valence-corrected chi connectivity index (χ4v) is 2.78. The van der Waals surface area contributed by atoms with Gasteiger partial charge in [-0.1, -0.05) is 0 Å². The van der Waals surface area contributed by atoms with Gasteiger partial charge in [0.2, 0.25) is 11.8 Å². The van der Waals surface area contributed by atoms with Crippen LogP contribution in [-0.4, -0.2) is 67.2 Å². The molecular formula is C17H24N6O. The van der Waals surface area contributed by atoms with Crippen LogP contribution in [0, 0.1) is 0 Å². The van der Waals surface area contributed by atoms with Gasteiger partial charge in [-0.25, -0.2) is 9.97 Å². The zero-order chi connectivity index (χ0) is 16.9. The Morgan fingerprint density at radius 1 is 1.08 bits per heavy atom. The normalized spacial score (nSPS) is 15.4. The summed E-state index contributed by atoms with van der Waals surface area (Å²) in [4.78, 5) is 19.8. The highest BCUT2D eigenvalue weighted by molar-refractivity contribution is 5.43. The van der Waals surface area contributed by atoms with Crippen molar-refractivity contribution < 1.29 is 4.74 Å². The highest BCUT2D eigenvalue weighted by atomic mass is 16.5. The van der Waals surface area contributed by atoms with Crippen molar-refractivity contribution in [1.82, 2.24) is 19.9 Å².